The summed E-state index contributed by atoms with van der Waals surface area (Å²) in [6, 6.07) is 15.3. The molecule has 224 valence electrons. The summed E-state index contributed by atoms with van der Waals surface area (Å²) in [5.41, 5.74) is 2.29. The van der Waals surface area contributed by atoms with Crippen LogP contribution in [0.15, 0.2) is 77.5 Å². The zero-order valence-corrected chi connectivity index (χ0v) is 24.2. The van der Waals surface area contributed by atoms with Crippen LogP contribution >= 0.6 is 0 Å². The summed E-state index contributed by atoms with van der Waals surface area (Å²) in [7, 11) is 1.52. The van der Waals surface area contributed by atoms with Crippen molar-refractivity contribution < 1.29 is 27.9 Å². The number of aryl methyl sites for hydroxylation is 1. The molecule has 0 aliphatic heterocycles. The van der Waals surface area contributed by atoms with Gasteiger partial charge in [0.15, 0.2) is 5.82 Å². The van der Waals surface area contributed by atoms with Gasteiger partial charge in [0.2, 0.25) is 0 Å². The summed E-state index contributed by atoms with van der Waals surface area (Å²) in [6.07, 6.45) is 4.33. The first-order chi connectivity index (χ1) is 21.2. The third-order valence-corrected chi connectivity index (χ3v) is 8.03. The lowest BCUT2D eigenvalue weighted by atomic mass is 9.73. The van der Waals surface area contributed by atoms with Crippen molar-refractivity contribution in [1.29, 1.82) is 0 Å². The minimum Gasteiger partial charge on any atom is -0.455 e. The van der Waals surface area contributed by atoms with E-state index in [2.05, 4.69) is 20.6 Å². The van der Waals surface area contributed by atoms with Crippen molar-refractivity contribution >= 4 is 22.8 Å². The first-order valence-corrected chi connectivity index (χ1v) is 14.4. The quantitative estimate of drug-likeness (QED) is 0.205. The van der Waals surface area contributed by atoms with Crippen molar-refractivity contribution in [2.75, 3.05) is 7.05 Å². The van der Waals surface area contributed by atoms with Gasteiger partial charge in [0, 0.05) is 43.2 Å². The normalized spacial score (nSPS) is 17.7. The molecule has 1 fully saturated rings. The molecule has 2 aromatic heterocycles. The monoisotopic (exact) mass is 596 g/mol. The van der Waals surface area contributed by atoms with Crippen LogP contribution in [0.4, 0.5) is 8.78 Å². The molecule has 3 N–H and O–H groups in total. The molecule has 1 aliphatic carbocycles. The van der Waals surface area contributed by atoms with Gasteiger partial charge in [-0.1, -0.05) is 19.4 Å². The first kappa shape index (κ1) is 29.1. The maximum absolute atomic E-state index is 15.2. The van der Waals surface area contributed by atoms with E-state index < -0.39 is 29.2 Å². The number of halogens is 2. The standard InChI is InChI=1S/C34H30F2N4O4/c1-3-5-20-15-28-26(29(32(43)37-2)30(44-28)19-6-9-22(35)10-7-19)16-24(20)21-8-11-27(36)25(14-21)31(42)40-34(17-23(41)18-34)33-38-12-4-13-39-33/h4,6-16,23,41H,3,5,17-18H2,1-2H3,(H,37,43)(H,40,42). The van der Waals surface area contributed by atoms with Gasteiger partial charge in [0.1, 0.15) is 28.5 Å². The smallest absolute Gasteiger partial charge is 0.255 e. The van der Waals surface area contributed by atoms with Gasteiger partial charge in [0.05, 0.1) is 17.2 Å². The van der Waals surface area contributed by atoms with Crippen molar-refractivity contribution in [3.05, 3.63) is 107 Å². The molecule has 0 radical (unpaired) electrons. The van der Waals surface area contributed by atoms with E-state index in [1.54, 1.807) is 36.7 Å². The summed E-state index contributed by atoms with van der Waals surface area (Å²) in [4.78, 5) is 35.2. The highest BCUT2D eigenvalue weighted by atomic mass is 19.1. The Labute approximate surface area is 252 Å². The van der Waals surface area contributed by atoms with E-state index in [1.165, 1.54) is 31.3 Å². The van der Waals surface area contributed by atoms with E-state index in [4.69, 9.17) is 4.42 Å². The van der Waals surface area contributed by atoms with Crippen LogP contribution in [0.1, 0.15) is 58.3 Å². The fraction of sp³-hybridized carbons (Fsp3) is 0.235. The number of furan rings is 1. The molecule has 10 heteroatoms. The molecule has 0 saturated heterocycles. The number of aromatic nitrogens is 2. The Kier molecular flexibility index (Phi) is 7.69. The van der Waals surface area contributed by atoms with Crippen molar-refractivity contribution in [2.24, 2.45) is 0 Å². The van der Waals surface area contributed by atoms with Gasteiger partial charge < -0.3 is 20.2 Å². The van der Waals surface area contributed by atoms with E-state index >= 15 is 4.39 Å². The second-order valence-corrected chi connectivity index (χ2v) is 11.0. The largest absolute Gasteiger partial charge is 0.455 e. The minimum atomic E-state index is -1.01. The fourth-order valence-electron chi connectivity index (χ4n) is 5.87. The molecule has 0 unspecified atom stereocenters. The predicted octanol–water partition coefficient (Wildman–Crippen LogP) is 5.93. The predicted molar refractivity (Wildman–Crippen MR) is 161 cm³/mol. The number of rotatable bonds is 8. The van der Waals surface area contributed by atoms with E-state index in [0.29, 0.717) is 45.7 Å². The number of carbonyl (C=O) groups excluding carboxylic acids is 2. The lowest BCUT2D eigenvalue weighted by Gasteiger charge is -2.44. The van der Waals surface area contributed by atoms with Gasteiger partial charge in [-0.25, -0.2) is 18.7 Å². The van der Waals surface area contributed by atoms with Gasteiger partial charge in [0.25, 0.3) is 11.8 Å². The summed E-state index contributed by atoms with van der Waals surface area (Å²) in [6.45, 7) is 2.03. The van der Waals surface area contributed by atoms with Crippen LogP contribution in [0.2, 0.25) is 0 Å². The van der Waals surface area contributed by atoms with E-state index in [0.717, 1.165) is 12.0 Å². The summed E-state index contributed by atoms with van der Waals surface area (Å²) in [5, 5.41) is 16.1. The number of benzene rings is 3. The number of hydrogen-bond donors (Lipinski definition) is 3. The SMILES string of the molecule is CCCc1cc2oc(-c3ccc(F)cc3)c(C(=O)NC)c2cc1-c1ccc(F)c(C(=O)NC2(c3ncccn3)CC(O)C2)c1. The number of aliphatic hydroxyl groups is 1. The topological polar surface area (TPSA) is 117 Å². The van der Waals surface area contributed by atoms with Crippen LogP contribution < -0.4 is 10.6 Å². The Morgan fingerprint density at radius 1 is 1.00 bits per heavy atom. The van der Waals surface area contributed by atoms with E-state index in [-0.39, 0.29) is 29.9 Å². The van der Waals surface area contributed by atoms with Crippen molar-refractivity contribution in [1.82, 2.24) is 20.6 Å². The number of amides is 2. The zero-order valence-electron chi connectivity index (χ0n) is 24.2. The fourth-order valence-corrected chi connectivity index (χ4v) is 5.87. The number of nitrogens with one attached hydrogen (secondary N) is 2. The second kappa shape index (κ2) is 11.6. The highest BCUT2D eigenvalue weighted by Gasteiger charge is 2.48. The molecule has 6 rings (SSSR count). The number of fused-ring (bicyclic) bond motifs is 1. The lowest BCUT2D eigenvalue weighted by molar-refractivity contribution is -0.00352. The number of aliphatic hydroxyl groups excluding tert-OH is 1. The number of nitrogens with zero attached hydrogens (tertiary/aromatic N) is 2. The zero-order chi connectivity index (χ0) is 31.0. The van der Waals surface area contributed by atoms with Gasteiger partial charge in [-0.05, 0) is 77.7 Å². The van der Waals surface area contributed by atoms with Crippen LogP contribution in [0.3, 0.4) is 0 Å². The van der Waals surface area contributed by atoms with Gasteiger partial charge in [-0.3, -0.25) is 9.59 Å². The van der Waals surface area contributed by atoms with Crippen LogP contribution in [0.5, 0.6) is 0 Å². The average Bonchev–Trinajstić information content (AvgIpc) is 3.39. The van der Waals surface area contributed by atoms with Crippen molar-refractivity contribution in [2.45, 2.75) is 44.2 Å². The molecule has 3 aromatic carbocycles. The Hall–Kier alpha value is -4.96. The van der Waals surface area contributed by atoms with E-state index in [9.17, 15) is 19.1 Å². The first-order valence-electron chi connectivity index (χ1n) is 14.4. The molecule has 0 atom stereocenters. The molecule has 1 aliphatic rings. The number of carbonyl (C=O) groups is 2. The van der Waals surface area contributed by atoms with Crippen LogP contribution in [-0.4, -0.2) is 40.0 Å². The maximum atomic E-state index is 15.2. The highest BCUT2D eigenvalue weighted by Crippen LogP contribution is 2.41. The molecule has 0 bridgehead atoms. The van der Waals surface area contributed by atoms with Gasteiger partial charge in [-0.2, -0.15) is 0 Å². The average molecular weight is 597 g/mol. The molecule has 44 heavy (non-hydrogen) atoms. The molecule has 0 spiro atoms. The van der Waals surface area contributed by atoms with Gasteiger partial charge >= 0.3 is 0 Å². The summed E-state index contributed by atoms with van der Waals surface area (Å²) < 4.78 is 35.1. The Morgan fingerprint density at radius 2 is 1.70 bits per heavy atom. The lowest BCUT2D eigenvalue weighted by Crippen LogP contribution is -2.57. The Balaban J connectivity index is 1.45. The van der Waals surface area contributed by atoms with Crippen molar-refractivity contribution in [3.63, 3.8) is 0 Å². The van der Waals surface area contributed by atoms with E-state index in [1.807, 2.05) is 19.1 Å². The molecule has 1 saturated carbocycles. The van der Waals surface area contributed by atoms with Crippen LogP contribution in [0, 0.1) is 11.6 Å². The van der Waals surface area contributed by atoms with Crippen LogP contribution in [0.25, 0.3) is 33.4 Å². The van der Waals surface area contributed by atoms with Gasteiger partial charge in [-0.15, -0.1) is 0 Å². The molecule has 2 heterocycles. The minimum absolute atomic E-state index is 0.174. The van der Waals surface area contributed by atoms with Crippen LogP contribution in [-0.2, 0) is 12.0 Å². The third-order valence-electron chi connectivity index (χ3n) is 8.03. The summed E-state index contributed by atoms with van der Waals surface area (Å²) in [5.74, 6) is -1.51. The molecular formula is C34H30F2N4O4. The third kappa shape index (κ3) is 5.22. The molecular weight excluding hydrogens is 566 g/mol. The molecule has 8 nitrogen and oxygen atoms in total. The maximum Gasteiger partial charge on any atom is 0.255 e. The molecule has 2 amide bonds. The number of hydrogen-bond acceptors (Lipinski definition) is 6. The second-order valence-electron chi connectivity index (χ2n) is 11.0. The Morgan fingerprint density at radius 3 is 2.36 bits per heavy atom. The van der Waals surface area contributed by atoms with Crippen molar-refractivity contribution in [3.8, 4) is 22.5 Å². The highest BCUT2D eigenvalue weighted by molar-refractivity contribution is 6.12. The Bertz CT molecular complexity index is 1870. The molecule has 5 aromatic rings. The summed E-state index contributed by atoms with van der Waals surface area (Å²) >= 11 is 0.